The standard InChI is InChI=1S/C11H16N4S/c1-11(13,9-12)5-2-3-8-16-10-14-6-4-7-15-10/h4,6-7H,2-3,5,8,13H2,1H3. The van der Waals surface area contributed by atoms with E-state index in [-0.39, 0.29) is 0 Å². The van der Waals surface area contributed by atoms with Crippen LogP contribution in [0.1, 0.15) is 26.2 Å². The summed E-state index contributed by atoms with van der Waals surface area (Å²) >= 11 is 1.63. The molecule has 4 nitrogen and oxygen atoms in total. The summed E-state index contributed by atoms with van der Waals surface area (Å²) in [4.78, 5) is 8.23. The Hall–Kier alpha value is -1.12. The van der Waals surface area contributed by atoms with E-state index in [0.717, 1.165) is 30.2 Å². The van der Waals surface area contributed by atoms with Crippen molar-refractivity contribution in [2.75, 3.05) is 5.75 Å². The number of rotatable bonds is 6. The molecule has 86 valence electrons. The molecule has 0 fully saturated rings. The highest BCUT2D eigenvalue weighted by Crippen LogP contribution is 2.16. The first-order valence-electron chi connectivity index (χ1n) is 5.24. The highest BCUT2D eigenvalue weighted by molar-refractivity contribution is 7.99. The fourth-order valence-electron chi connectivity index (χ4n) is 1.17. The summed E-state index contributed by atoms with van der Waals surface area (Å²) < 4.78 is 0. The van der Waals surface area contributed by atoms with Gasteiger partial charge < -0.3 is 5.73 Å². The minimum atomic E-state index is -0.687. The van der Waals surface area contributed by atoms with Crippen LogP contribution in [0.3, 0.4) is 0 Å². The van der Waals surface area contributed by atoms with Gasteiger partial charge in [-0.2, -0.15) is 5.26 Å². The number of nitriles is 1. The summed E-state index contributed by atoms with van der Waals surface area (Å²) in [5, 5.41) is 9.53. The molecule has 0 bridgehead atoms. The van der Waals surface area contributed by atoms with Crippen molar-refractivity contribution in [3.8, 4) is 6.07 Å². The topological polar surface area (TPSA) is 75.6 Å². The molecule has 0 aliphatic heterocycles. The van der Waals surface area contributed by atoms with Crippen LogP contribution >= 0.6 is 11.8 Å². The Balaban J connectivity index is 2.12. The minimum absolute atomic E-state index is 0.687. The van der Waals surface area contributed by atoms with Crippen molar-refractivity contribution >= 4 is 11.8 Å². The van der Waals surface area contributed by atoms with Crippen molar-refractivity contribution in [3.05, 3.63) is 18.5 Å². The van der Waals surface area contributed by atoms with E-state index in [2.05, 4.69) is 16.0 Å². The van der Waals surface area contributed by atoms with Crippen LogP contribution in [0, 0.1) is 11.3 Å². The Labute approximate surface area is 100 Å². The lowest BCUT2D eigenvalue weighted by Gasteiger charge is -2.14. The second-order valence-corrected chi connectivity index (χ2v) is 4.93. The molecule has 0 aliphatic carbocycles. The van der Waals surface area contributed by atoms with E-state index in [4.69, 9.17) is 11.0 Å². The maximum absolute atomic E-state index is 8.73. The van der Waals surface area contributed by atoms with E-state index in [1.165, 1.54) is 0 Å². The number of hydrogen-bond donors (Lipinski definition) is 1. The van der Waals surface area contributed by atoms with Crippen molar-refractivity contribution in [2.24, 2.45) is 5.73 Å². The second-order valence-electron chi connectivity index (χ2n) is 3.87. The Morgan fingerprint density at radius 3 is 2.75 bits per heavy atom. The van der Waals surface area contributed by atoms with Gasteiger partial charge in [0.15, 0.2) is 5.16 Å². The zero-order valence-corrected chi connectivity index (χ0v) is 10.2. The van der Waals surface area contributed by atoms with Gasteiger partial charge in [-0.15, -0.1) is 0 Å². The lowest BCUT2D eigenvalue weighted by molar-refractivity contribution is 0.519. The molecule has 2 N–H and O–H groups in total. The van der Waals surface area contributed by atoms with E-state index < -0.39 is 5.54 Å². The average molecular weight is 236 g/mol. The summed E-state index contributed by atoms with van der Waals surface area (Å²) in [6, 6.07) is 3.90. The summed E-state index contributed by atoms with van der Waals surface area (Å²) in [7, 11) is 0. The van der Waals surface area contributed by atoms with Crippen molar-refractivity contribution in [2.45, 2.75) is 36.9 Å². The zero-order valence-electron chi connectivity index (χ0n) is 9.39. The van der Waals surface area contributed by atoms with Gasteiger partial charge in [-0.3, -0.25) is 0 Å². The molecule has 1 aromatic heterocycles. The molecule has 1 unspecified atom stereocenters. The van der Waals surface area contributed by atoms with Gasteiger partial charge in [-0.1, -0.05) is 11.8 Å². The minimum Gasteiger partial charge on any atom is -0.314 e. The fraction of sp³-hybridized carbons (Fsp3) is 0.545. The Bertz CT molecular complexity index is 345. The van der Waals surface area contributed by atoms with E-state index in [0.29, 0.717) is 0 Å². The van der Waals surface area contributed by atoms with Gasteiger partial charge in [0.25, 0.3) is 0 Å². The predicted octanol–water partition coefficient (Wildman–Crippen LogP) is 1.98. The number of thioether (sulfide) groups is 1. The fourth-order valence-corrected chi connectivity index (χ4v) is 1.98. The molecule has 0 amide bonds. The maximum atomic E-state index is 8.73. The highest BCUT2D eigenvalue weighted by Gasteiger charge is 2.15. The van der Waals surface area contributed by atoms with Gasteiger partial charge in [-0.25, -0.2) is 9.97 Å². The molecule has 0 saturated heterocycles. The first-order chi connectivity index (χ1) is 7.64. The summed E-state index contributed by atoms with van der Waals surface area (Å²) in [5.74, 6) is 0.964. The van der Waals surface area contributed by atoms with Gasteiger partial charge in [-0.05, 0) is 32.3 Å². The van der Waals surface area contributed by atoms with E-state index in [1.54, 1.807) is 37.1 Å². The summed E-state index contributed by atoms with van der Waals surface area (Å²) in [6.07, 6.45) is 6.20. The second kappa shape index (κ2) is 6.46. The normalized spacial score (nSPS) is 14.1. The van der Waals surface area contributed by atoms with Crippen molar-refractivity contribution in [3.63, 3.8) is 0 Å². The number of nitrogens with zero attached hydrogens (tertiary/aromatic N) is 3. The molecule has 1 heterocycles. The quantitative estimate of drug-likeness (QED) is 0.464. The third-order valence-corrected chi connectivity index (χ3v) is 3.08. The van der Waals surface area contributed by atoms with E-state index >= 15 is 0 Å². The largest absolute Gasteiger partial charge is 0.314 e. The molecule has 1 atom stereocenters. The molecule has 0 aromatic carbocycles. The van der Waals surface area contributed by atoms with Gasteiger partial charge in [0.2, 0.25) is 0 Å². The maximum Gasteiger partial charge on any atom is 0.187 e. The average Bonchev–Trinajstić information content (AvgIpc) is 2.30. The number of unbranched alkanes of at least 4 members (excludes halogenated alkanes) is 1. The molecule has 0 radical (unpaired) electrons. The van der Waals surface area contributed by atoms with E-state index in [9.17, 15) is 0 Å². The van der Waals surface area contributed by atoms with Crippen molar-refractivity contribution in [1.82, 2.24) is 9.97 Å². The lowest BCUT2D eigenvalue weighted by atomic mass is 9.99. The number of hydrogen-bond acceptors (Lipinski definition) is 5. The Kier molecular flexibility index (Phi) is 5.23. The molecule has 16 heavy (non-hydrogen) atoms. The molecular weight excluding hydrogens is 220 g/mol. The lowest BCUT2D eigenvalue weighted by Crippen LogP contribution is -2.33. The summed E-state index contributed by atoms with van der Waals surface area (Å²) in [5.41, 5.74) is 5.03. The monoisotopic (exact) mass is 236 g/mol. The van der Waals surface area contributed by atoms with Crippen LogP contribution in [0.5, 0.6) is 0 Å². The van der Waals surface area contributed by atoms with Crippen molar-refractivity contribution in [1.29, 1.82) is 5.26 Å². The molecule has 1 rings (SSSR count). The first-order valence-corrected chi connectivity index (χ1v) is 6.22. The van der Waals surface area contributed by atoms with Crippen LogP contribution in [0.25, 0.3) is 0 Å². The van der Waals surface area contributed by atoms with Gasteiger partial charge in [0.05, 0.1) is 6.07 Å². The SMILES string of the molecule is CC(N)(C#N)CCCCSc1ncccn1. The molecule has 0 saturated carbocycles. The Morgan fingerprint density at radius 2 is 2.12 bits per heavy atom. The van der Waals surface area contributed by atoms with Crippen LogP contribution in [0.2, 0.25) is 0 Å². The first kappa shape index (κ1) is 12.9. The Morgan fingerprint density at radius 1 is 1.44 bits per heavy atom. The molecule has 5 heteroatoms. The molecule has 0 spiro atoms. The smallest absolute Gasteiger partial charge is 0.187 e. The van der Waals surface area contributed by atoms with Crippen LogP contribution < -0.4 is 5.73 Å². The van der Waals surface area contributed by atoms with Gasteiger partial charge in [0, 0.05) is 18.1 Å². The molecule has 1 aromatic rings. The van der Waals surface area contributed by atoms with Crippen molar-refractivity contribution < 1.29 is 0 Å². The van der Waals surface area contributed by atoms with Gasteiger partial charge >= 0.3 is 0 Å². The highest BCUT2D eigenvalue weighted by atomic mass is 32.2. The predicted molar refractivity (Wildman–Crippen MR) is 64.8 cm³/mol. The molecular formula is C11H16N4S. The van der Waals surface area contributed by atoms with Crippen LogP contribution in [0.15, 0.2) is 23.6 Å². The van der Waals surface area contributed by atoms with Crippen LogP contribution in [-0.4, -0.2) is 21.3 Å². The summed E-state index contributed by atoms with van der Waals surface area (Å²) in [6.45, 7) is 1.76. The van der Waals surface area contributed by atoms with E-state index in [1.807, 2.05) is 0 Å². The third-order valence-electron chi connectivity index (χ3n) is 2.12. The zero-order chi connectivity index (χ0) is 11.9. The van der Waals surface area contributed by atoms with Crippen LogP contribution in [-0.2, 0) is 0 Å². The molecule has 0 aliphatic rings. The van der Waals surface area contributed by atoms with Crippen LogP contribution in [0.4, 0.5) is 0 Å². The number of aromatic nitrogens is 2. The third kappa shape index (κ3) is 5.10. The van der Waals surface area contributed by atoms with Gasteiger partial charge in [0.1, 0.15) is 5.54 Å². The number of nitrogens with two attached hydrogens (primary N) is 1.